The quantitative estimate of drug-likeness (QED) is 0.525. The molecule has 2 aromatic carbocycles. The lowest BCUT2D eigenvalue weighted by Crippen LogP contribution is -2.24. The van der Waals surface area contributed by atoms with Crippen molar-refractivity contribution in [2.24, 2.45) is 7.05 Å². The summed E-state index contributed by atoms with van der Waals surface area (Å²) in [6.07, 6.45) is 0.853. The number of aryl methyl sites for hydroxylation is 3. The average molecular weight is 438 g/mol. The third-order valence-electron chi connectivity index (χ3n) is 4.98. The Morgan fingerprint density at radius 2 is 1.81 bits per heavy atom. The van der Waals surface area contributed by atoms with Gasteiger partial charge in [0.15, 0.2) is 11.0 Å². The first-order chi connectivity index (χ1) is 14.9. The second kappa shape index (κ2) is 10.3. The Balaban J connectivity index is 1.55. The van der Waals surface area contributed by atoms with Crippen molar-refractivity contribution in [1.29, 1.82) is 0 Å². The van der Waals surface area contributed by atoms with Crippen molar-refractivity contribution in [2.75, 3.05) is 11.1 Å². The molecule has 0 atom stereocenters. The van der Waals surface area contributed by atoms with Crippen LogP contribution in [0.5, 0.6) is 0 Å². The summed E-state index contributed by atoms with van der Waals surface area (Å²) in [5.41, 5.74) is 4.74. The van der Waals surface area contributed by atoms with Crippen LogP contribution in [0, 0.1) is 13.8 Å². The minimum Gasteiger partial charge on any atom is -0.345 e. The summed E-state index contributed by atoms with van der Waals surface area (Å²) in [4.78, 5) is 24.8. The summed E-state index contributed by atoms with van der Waals surface area (Å²) in [5.74, 6) is 0.586. The van der Waals surface area contributed by atoms with Gasteiger partial charge in [-0.05, 0) is 43.5 Å². The Labute approximate surface area is 186 Å². The number of para-hydroxylation sites is 1. The number of nitrogens with one attached hydrogen (secondary N) is 2. The fourth-order valence-corrected chi connectivity index (χ4v) is 3.83. The van der Waals surface area contributed by atoms with Gasteiger partial charge in [0.05, 0.1) is 12.3 Å². The zero-order valence-electron chi connectivity index (χ0n) is 18.2. The maximum Gasteiger partial charge on any atom is 0.251 e. The van der Waals surface area contributed by atoms with Gasteiger partial charge < -0.3 is 15.2 Å². The van der Waals surface area contributed by atoms with Crippen LogP contribution in [0.1, 0.15) is 39.8 Å². The first-order valence-electron chi connectivity index (χ1n) is 10.1. The summed E-state index contributed by atoms with van der Waals surface area (Å²) in [6, 6.07) is 13.4. The average Bonchev–Trinajstić information content (AvgIpc) is 3.11. The number of thioether (sulfide) groups is 1. The van der Waals surface area contributed by atoms with Crippen molar-refractivity contribution < 1.29 is 9.59 Å². The van der Waals surface area contributed by atoms with Crippen molar-refractivity contribution in [2.45, 2.75) is 38.9 Å². The molecular formula is C23H27N5O2S. The van der Waals surface area contributed by atoms with Gasteiger partial charge in [-0.15, -0.1) is 10.2 Å². The van der Waals surface area contributed by atoms with Gasteiger partial charge in [0.1, 0.15) is 0 Å². The first-order valence-corrected chi connectivity index (χ1v) is 11.1. The second-order valence-electron chi connectivity index (χ2n) is 7.31. The lowest BCUT2D eigenvalue weighted by molar-refractivity contribution is -0.113. The molecular weight excluding hydrogens is 410 g/mol. The van der Waals surface area contributed by atoms with E-state index < -0.39 is 0 Å². The van der Waals surface area contributed by atoms with E-state index in [1.807, 2.05) is 51.2 Å². The molecule has 1 aromatic heterocycles. The third kappa shape index (κ3) is 5.73. The van der Waals surface area contributed by atoms with Crippen LogP contribution >= 0.6 is 11.8 Å². The van der Waals surface area contributed by atoms with E-state index in [1.54, 1.807) is 16.7 Å². The normalized spacial score (nSPS) is 10.7. The Kier molecular flexibility index (Phi) is 7.46. The molecule has 1 heterocycles. The zero-order valence-corrected chi connectivity index (χ0v) is 19.0. The van der Waals surface area contributed by atoms with Crippen LogP contribution in [-0.4, -0.2) is 32.3 Å². The molecule has 8 heteroatoms. The highest BCUT2D eigenvalue weighted by molar-refractivity contribution is 7.99. The molecule has 0 saturated heterocycles. The fraction of sp³-hybridized carbons (Fsp3) is 0.304. The van der Waals surface area contributed by atoms with Crippen molar-refractivity contribution in [3.05, 3.63) is 70.5 Å². The van der Waals surface area contributed by atoms with Crippen LogP contribution in [-0.2, 0) is 24.8 Å². The van der Waals surface area contributed by atoms with E-state index in [-0.39, 0.29) is 24.1 Å². The highest BCUT2D eigenvalue weighted by Gasteiger charge is 2.14. The number of hydrogen-bond acceptors (Lipinski definition) is 5. The summed E-state index contributed by atoms with van der Waals surface area (Å²) in [5, 5.41) is 14.8. The van der Waals surface area contributed by atoms with Crippen LogP contribution in [0.2, 0.25) is 0 Å². The van der Waals surface area contributed by atoms with Crippen molar-refractivity contribution in [3.63, 3.8) is 0 Å². The summed E-state index contributed by atoms with van der Waals surface area (Å²) < 4.78 is 1.79. The number of hydrogen-bond donors (Lipinski definition) is 2. The Morgan fingerprint density at radius 3 is 2.52 bits per heavy atom. The number of nitrogens with zero attached hydrogens (tertiary/aromatic N) is 3. The fourth-order valence-electron chi connectivity index (χ4n) is 3.10. The molecule has 0 aliphatic heterocycles. The predicted molar refractivity (Wildman–Crippen MR) is 123 cm³/mol. The molecule has 162 valence electrons. The molecule has 31 heavy (non-hydrogen) atoms. The van der Waals surface area contributed by atoms with Gasteiger partial charge in [0, 0.05) is 18.3 Å². The smallest absolute Gasteiger partial charge is 0.251 e. The number of carbonyl (C=O) groups is 2. The minimum absolute atomic E-state index is 0.0915. The maximum absolute atomic E-state index is 12.5. The number of rotatable bonds is 8. The highest BCUT2D eigenvalue weighted by Crippen LogP contribution is 2.22. The van der Waals surface area contributed by atoms with E-state index in [2.05, 4.69) is 27.8 Å². The molecule has 0 bridgehead atoms. The topological polar surface area (TPSA) is 88.9 Å². The van der Waals surface area contributed by atoms with Crippen LogP contribution < -0.4 is 10.6 Å². The molecule has 0 aliphatic carbocycles. The number of anilines is 1. The van der Waals surface area contributed by atoms with Crippen molar-refractivity contribution in [1.82, 2.24) is 20.1 Å². The van der Waals surface area contributed by atoms with Gasteiger partial charge in [-0.3, -0.25) is 9.59 Å². The van der Waals surface area contributed by atoms with Crippen LogP contribution in [0.4, 0.5) is 5.69 Å². The molecule has 3 rings (SSSR count). The molecule has 0 unspecified atom stereocenters. The van der Waals surface area contributed by atoms with Crippen LogP contribution in [0.25, 0.3) is 0 Å². The molecule has 0 radical (unpaired) electrons. The molecule has 0 saturated carbocycles. The molecule has 0 aliphatic rings. The van der Waals surface area contributed by atoms with Gasteiger partial charge >= 0.3 is 0 Å². The van der Waals surface area contributed by atoms with E-state index in [1.165, 1.54) is 11.8 Å². The van der Waals surface area contributed by atoms with E-state index in [0.717, 1.165) is 28.8 Å². The van der Waals surface area contributed by atoms with Crippen molar-refractivity contribution >= 4 is 29.3 Å². The van der Waals surface area contributed by atoms with E-state index in [0.29, 0.717) is 16.5 Å². The van der Waals surface area contributed by atoms with Gasteiger partial charge in [0.25, 0.3) is 5.91 Å². The standard InChI is InChI=1S/C23H27N5O2S/c1-5-17-8-6-7-16(3)21(17)25-20(29)14-31-23-27-26-19(28(23)4)13-24-22(30)18-11-9-15(2)10-12-18/h6-12H,5,13-14H2,1-4H3,(H,24,30)(H,25,29). The lowest BCUT2D eigenvalue weighted by atomic mass is 10.1. The Bertz CT molecular complexity index is 1080. The monoisotopic (exact) mass is 437 g/mol. The van der Waals surface area contributed by atoms with Crippen LogP contribution in [0.3, 0.4) is 0 Å². The van der Waals surface area contributed by atoms with E-state index in [4.69, 9.17) is 0 Å². The minimum atomic E-state index is -0.165. The number of amides is 2. The van der Waals surface area contributed by atoms with Crippen molar-refractivity contribution in [3.8, 4) is 0 Å². The highest BCUT2D eigenvalue weighted by atomic mass is 32.2. The molecule has 3 aromatic rings. The van der Waals surface area contributed by atoms with Gasteiger partial charge in [0.2, 0.25) is 5.91 Å². The predicted octanol–water partition coefficient (Wildman–Crippen LogP) is 3.66. The third-order valence-corrected chi connectivity index (χ3v) is 6.00. The first kappa shape index (κ1) is 22.6. The maximum atomic E-state index is 12.5. The number of benzene rings is 2. The number of aromatic nitrogens is 3. The summed E-state index contributed by atoms with van der Waals surface area (Å²) >= 11 is 1.31. The van der Waals surface area contributed by atoms with Gasteiger partial charge in [-0.2, -0.15) is 0 Å². The Morgan fingerprint density at radius 1 is 1.06 bits per heavy atom. The summed E-state index contributed by atoms with van der Waals surface area (Å²) in [7, 11) is 1.82. The Hall–Kier alpha value is -3.13. The van der Waals surface area contributed by atoms with Gasteiger partial charge in [-0.25, -0.2) is 0 Å². The summed E-state index contributed by atoms with van der Waals surface area (Å²) in [6.45, 7) is 6.29. The van der Waals surface area contributed by atoms with Gasteiger partial charge in [-0.1, -0.05) is 54.6 Å². The SMILES string of the molecule is CCc1cccc(C)c1NC(=O)CSc1nnc(CNC(=O)c2ccc(C)cc2)n1C. The molecule has 2 amide bonds. The largest absolute Gasteiger partial charge is 0.345 e. The zero-order chi connectivity index (χ0) is 22.4. The lowest BCUT2D eigenvalue weighted by Gasteiger charge is -2.12. The molecule has 0 fully saturated rings. The molecule has 7 nitrogen and oxygen atoms in total. The van der Waals surface area contributed by atoms with Crippen LogP contribution in [0.15, 0.2) is 47.6 Å². The number of carbonyl (C=O) groups excluding carboxylic acids is 2. The van der Waals surface area contributed by atoms with E-state index in [9.17, 15) is 9.59 Å². The second-order valence-corrected chi connectivity index (χ2v) is 8.25. The molecule has 0 spiro atoms. The van der Waals surface area contributed by atoms with E-state index >= 15 is 0 Å². The molecule has 2 N–H and O–H groups in total.